The van der Waals surface area contributed by atoms with Crippen LogP contribution in [-0.2, 0) is 0 Å². The summed E-state index contributed by atoms with van der Waals surface area (Å²) in [5, 5.41) is 23.1. The molecule has 7 heteroatoms. The Morgan fingerprint density at radius 1 is 1.18 bits per heavy atom. The highest BCUT2D eigenvalue weighted by Gasteiger charge is 2.20. The van der Waals surface area contributed by atoms with E-state index in [2.05, 4.69) is 6.07 Å². The van der Waals surface area contributed by atoms with Crippen molar-refractivity contribution in [2.75, 3.05) is 0 Å². The van der Waals surface area contributed by atoms with Gasteiger partial charge in [0.05, 0.1) is 21.5 Å². The number of nitrogens with zero attached hydrogens (tertiary/aromatic N) is 2. The number of benzene rings is 1. The van der Waals surface area contributed by atoms with Crippen LogP contribution in [0.1, 0.15) is 0 Å². The van der Waals surface area contributed by atoms with Crippen LogP contribution in [0.15, 0.2) is 29.6 Å². The molecule has 0 fully saturated rings. The van der Waals surface area contributed by atoms with Gasteiger partial charge in [0.15, 0.2) is 0 Å². The zero-order chi connectivity index (χ0) is 12.4. The van der Waals surface area contributed by atoms with E-state index in [4.69, 9.17) is 0 Å². The minimum Gasteiger partial charge on any atom is -0.258 e. The number of nitro groups is 2. The summed E-state index contributed by atoms with van der Waals surface area (Å²) in [6, 6.07) is 8.01. The Balaban J connectivity index is 2.61. The summed E-state index contributed by atoms with van der Waals surface area (Å²) in [6.07, 6.45) is 0. The number of hydrogen-bond donors (Lipinski definition) is 0. The third-order valence-electron chi connectivity index (χ3n) is 2.12. The van der Waals surface area contributed by atoms with Gasteiger partial charge in [-0.1, -0.05) is 0 Å². The quantitative estimate of drug-likeness (QED) is 0.617. The van der Waals surface area contributed by atoms with Gasteiger partial charge >= 0.3 is 0 Å². The van der Waals surface area contributed by atoms with E-state index >= 15 is 0 Å². The van der Waals surface area contributed by atoms with E-state index in [-0.39, 0.29) is 11.4 Å². The van der Waals surface area contributed by atoms with Gasteiger partial charge in [-0.2, -0.15) is 0 Å². The summed E-state index contributed by atoms with van der Waals surface area (Å²) in [6.45, 7) is 0. The van der Waals surface area contributed by atoms with Crippen molar-refractivity contribution < 1.29 is 9.85 Å². The summed E-state index contributed by atoms with van der Waals surface area (Å²) in [5.74, 6) is 0. The zero-order valence-electron chi connectivity index (χ0n) is 8.32. The van der Waals surface area contributed by atoms with Crippen LogP contribution in [-0.4, -0.2) is 9.85 Å². The Morgan fingerprint density at radius 2 is 1.94 bits per heavy atom. The fraction of sp³-hybridized carbons (Fsp3) is 0. The third kappa shape index (κ3) is 2.13. The van der Waals surface area contributed by atoms with Crippen molar-refractivity contribution in [1.82, 2.24) is 0 Å². The van der Waals surface area contributed by atoms with E-state index in [1.165, 1.54) is 23.5 Å². The van der Waals surface area contributed by atoms with Crippen molar-refractivity contribution in [3.63, 3.8) is 0 Å². The maximum Gasteiger partial charge on any atom is 0.284 e. The van der Waals surface area contributed by atoms with E-state index in [0.29, 0.717) is 10.4 Å². The first-order chi connectivity index (χ1) is 8.09. The molecular formula is C10H5N2O4S. The molecule has 17 heavy (non-hydrogen) atoms. The maximum atomic E-state index is 10.9. The number of rotatable bonds is 3. The molecule has 2 aromatic rings. The lowest BCUT2D eigenvalue weighted by molar-refractivity contribution is -0.393. The molecule has 1 heterocycles. The van der Waals surface area contributed by atoms with Crippen molar-refractivity contribution in [2.24, 2.45) is 0 Å². The van der Waals surface area contributed by atoms with E-state index in [9.17, 15) is 20.2 Å². The average molecular weight is 249 g/mol. The molecule has 0 atom stereocenters. The predicted octanol–water partition coefficient (Wildman–Crippen LogP) is 3.03. The van der Waals surface area contributed by atoms with Crippen LogP contribution in [0.25, 0.3) is 10.4 Å². The second-order valence-corrected chi connectivity index (χ2v) is 4.04. The van der Waals surface area contributed by atoms with E-state index in [1.54, 1.807) is 11.4 Å². The van der Waals surface area contributed by atoms with Crippen LogP contribution in [0, 0.1) is 26.3 Å². The smallest absolute Gasteiger partial charge is 0.258 e. The molecular weight excluding hydrogens is 244 g/mol. The highest BCUT2D eigenvalue weighted by molar-refractivity contribution is 7.13. The first-order valence-electron chi connectivity index (χ1n) is 4.47. The summed E-state index contributed by atoms with van der Waals surface area (Å²) in [7, 11) is 0. The van der Waals surface area contributed by atoms with Gasteiger partial charge in [0.2, 0.25) is 0 Å². The van der Waals surface area contributed by atoms with Crippen LogP contribution in [0.3, 0.4) is 0 Å². The maximum absolute atomic E-state index is 10.9. The number of non-ortho nitro benzene ring substituents is 1. The number of hydrogen-bond acceptors (Lipinski definition) is 5. The molecule has 0 saturated carbocycles. The molecule has 1 radical (unpaired) electrons. The topological polar surface area (TPSA) is 86.3 Å². The predicted molar refractivity (Wildman–Crippen MR) is 61.9 cm³/mol. The largest absolute Gasteiger partial charge is 0.284 e. The molecule has 6 nitrogen and oxygen atoms in total. The fourth-order valence-electron chi connectivity index (χ4n) is 1.38. The highest BCUT2D eigenvalue weighted by Crippen LogP contribution is 2.35. The minimum atomic E-state index is -0.655. The Bertz CT molecular complexity index is 580. The minimum absolute atomic E-state index is 0.268. The zero-order valence-corrected chi connectivity index (χ0v) is 9.14. The fourth-order valence-corrected chi connectivity index (χ4v) is 2.07. The SMILES string of the molecule is O=[N+]([O-])c1ccc(-c2c[c]cs2)c([N+](=O)[O-])c1. The monoisotopic (exact) mass is 249 g/mol. The van der Waals surface area contributed by atoms with Crippen LogP contribution < -0.4 is 0 Å². The summed E-state index contributed by atoms with van der Waals surface area (Å²) in [4.78, 5) is 20.8. The van der Waals surface area contributed by atoms with Gasteiger partial charge in [-0.05, 0) is 23.6 Å². The standard InChI is InChI=1S/C10H5N2O4S/c13-11(14)7-3-4-8(9(6-7)12(15)16)10-2-1-5-17-10/h2-6H. The van der Waals surface area contributed by atoms with Crippen molar-refractivity contribution >= 4 is 22.7 Å². The molecule has 0 unspecified atom stereocenters. The molecule has 0 bridgehead atoms. The normalized spacial score (nSPS) is 10.1. The Labute approximate surface area is 99.4 Å². The van der Waals surface area contributed by atoms with Crippen LogP contribution in [0.2, 0.25) is 0 Å². The lowest BCUT2D eigenvalue weighted by atomic mass is 10.1. The van der Waals surface area contributed by atoms with Gasteiger partial charge in [0.1, 0.15) is 0 Å². The van der Waals surface area contributed by atoms with Crippen molar-refractivity contribution in [2.45, 2.75) is 0 Å². The number of nitro benzene ring substituents is 2. The van der Waals surface area contributed by atoms with Crippen molar-refractivity contribution in [3.8, 4) is 10.4 Å². The lowest BCUT2D eigenvalue weighted by Crippen LogP contribution is -1.94. The summed E-state index contributed by atoms with van der Waals surface area (Å²) < 4.78 is 0. The second-order valence-electron chi connectivity index (χ2n) is 3.13. The Hall–Kier alpha value is -2.28. The van der Waals surface area contributed by atoms with Gasteiger partial charge in [0, 0.05) is 10.9 Å². The van der Waals surface area contributed by atoms with Gasteiger partial charge in [-0.3, -0.25) is 20.2 Å². The van der Waals surface area contributed by atoms with Gasteiger partial charge < -0.3 is 0 Å². The molecule has 0 aliphatic heterocycles. The lowest BCUT2D eigenvalue weighted by Gasteiger charge is -1.99. The molecule has 0 N–H and O–H groups in total. The molecule has 1 aromatic carbocycles. The highest BCUT2D eigenvalue weighted by atomic mass is 32.1. The second kappa shape index (κ2) is 4.30. The Kier molecular flexibility index (Phi) is 2.84. The molecule has 0 saturated heterocycles. The first kappa shape index (κ1) is 11.2. The first-order valence-corrected chi connectivity index (χ1v) is 5.35. The molecule has 85 valence electrons. The van der Waals surface area contributed by atoms with Gasteiger partial charge in [0.25, 0.3) is 11.4 Å². The molecule has 0 aliphatic rings. The molecule has 1 aromatic heterocycles. The molecule has 0 aliphatic carbocycles. The molecule has 0 amide bonds. The van der Waals surface area contributed by atoms with Crippen LogP contribution >= 0.6 is 11.3 Å². The van der Waals surface area contributed by atoms with Gasteiger partial charge in [-0.25, -0.2) is 0 Å². The van der Waals surface area contributed by atoms with E-state index in [1.807, 2.05) is 0 Å². The molecule has 0 spiro atoms. The van der Waals surface area contributed by atoms with Crippen molar-refractivity contribution in [1.29, 1.82) is 0 Å². The third-order valence-corrected chi connectivity index (χ3v) is 2.97. The van der Waals surface area contributed by atoms with Crippen LogP contribution in [0.4, 0.5) is 11.4 Å². The van der Waals surface area contributed by atoms with Crippen molar-refractivity contribution in [3.05, 3.63) is 55.9 Å². The number of thiophene rings is 1. The van der Waals surface area contributed by atoms with E-state index < -0.39 is 9.85 Å². The summed E-state index contributed by atoms with van der Waals surface area (Å²) >= 11 is 1.29. The van der Waals surface area contributed by atoms with Gasteiger partial charge in [-0.15, -0.1) is 11.3 Å². The van der Waals surface area contributed by atoms with E-state index in [0.717, 1.165) is 6.07 Å². The van der Waals surface area contributed by atoms with Crippen LogP contribution in [0.5, 0.6) is 0 Å². The summed E-state index contributed by atoms with van der Waals surface area (Å²) in [5.41, 5.74) is -0.192. The Morgan fingerprint density at radius 3 is 2.47 bits per heavy atom. The molecule has 2 rings (SSSR count). The average Bonchev–Trinajstić information content (AvgIpc) is 2.81.